The van der Waals surface area contributed by atoms with Gasteiger partial charge in [0.15, 0.2) is 5.96 Å². The van der Waals surface area contributed by atoms with E-state index in [2.05, 4.69) is 16.4 Å². The monoisotopic (exact) mass is 561 g/mol. The summed E-state index contributed by atoms with van der Waals surface area (Å²) in [7, 11) is 1.61. The number of likely N-dealkylation sites (N-methyl/N-ethyl adjacent to an activating group) is 1. The van der Waals surface area contributed by atoms with Crippen molar-refractivity contribution >= 4 is 35.8 Å². The second-order valence-corrected chi connectivity index (χ2v) is 7.44. The molecule has 0 aliphatic rings. The Kier molecular flexibility index (Phi) is 24.2. The van der Waals surface area contributed by atoms with Crippen LogP contribution in [0.15, 0.2) is 30.3 Å². The molecule has 17 heteroatoms. The molecule has 0 aliphatic carbocycles. The number of rotatable bonds is 13. The average Bonchev–Trinajstić information content (AvgIpc) is 2.85. The molecular weight excluding hydrogens is 522 g/mol. The zero-order valence-corrected chi connectivity index (χ0v) is 21.4. The Morgan fingerprint density at radius 3 is 1.67 bits per heavy atom. The lowest BCUT2D eigenvalue weighted by Crippen LogP contribution is -2.36. The molecule has 0 radical (unpaired) electrons. The number of nitrogens with two attached hydrogens (primary N) is 4. The Bertz CT molecular complexity index is 887. The summed E-state index contributed by atoms with van der Waals surface area (Å²) in [5, 5.41) is 52.9. The predicted molar refractivity (Wildman–Crippen MR) is 140 cm³/mol. The van der Waals surface area contributed by atoms with Crippen molar-refractivity contribution in [3.8, 4) is 0 Å². The van der Waals surface area contributed by atoms with Crippen molar-refractivity contribution < 1.29 is 49.5 Å². The lowest BCUT2D eigenvalue weighted by molar-refractivity contribution is -0.144. The molecule has 1 rings (SSSR count). The third kappa shape index (κ3) is 28.1. The normalized spacial score (nSPS) is 11.7. The smallest absolute Gasteiger partial charge is 0.321 e. The lowest BCUT2D eigenvalue weighted by atomic mass is 10.1. The fourth-order valence-electron chi connectivity index (χ4n) is 2.15. The van der Waals surface area contributed by atoms with Crippen LogP contribution in [-0.4, -0.2) is 99.6 Å². The second kappa shape index (κ2) is 24.0. The van der Waals surface area contributed by atoms with Crippen molar-refractivity contribution in [2.75, 3.05) is 20.1 Å². The van der Waals surface area contributed by atoms with Crippen molar-refractivity contribution in [1.82, 2.24) is 10.6 Å². The van der Waals surface area contributed by atoms with Gasteiger partial charge in [-0.2, -0.15) is 0 Å². The largest absolute Gasteiger partial charge is 0.481 e. The molecule has 0 fully saturated rings. The lowest BCUT2D eigenvalue weighted by Gasteiger charge is -2.10. The second-order valence-electron chi connectivity index (χ2n) is 7.44. The highest BCUT2D eigenvalue weighted by molar-refractivity contribution is 5.80. The van der Waals surface area contributed by atoms with Gasteiger partial charge in [0.2, 0.25) is 0 Å². The first-order chi connectivity index (χ1) is 18.1. The zero-order chi connectivity index (χ0) is 31.0. The van der Waals surface area contributed by atoms with Gasteiger partial charge in [-0.3, -0.25) is 29.4 Å². The molecule has 0 bridgehead atoms. The van der Waals surface area contributed by atoms with E-state index in [1.807, 2.05) is 30.3 Å². The Hall–Kier alpha value is -4.32. The number of carboxylic acid groups (broad SMARTS) is 5. The molecule has 0 aliphatic heterocycles. The maximum absolute atomic E-state index is 10.5. The third-order valence-corrected chi connectivity index (χ3v) is 4.13. The Balaban J connectivity index is -0.000000465. The summed E-state index contributed by atoms with van der Waals surface area (Å²) in [5.74, 6) is -5.37. The minimum absolute atomic E-state index is 0.0867. The minimum atomic E-state index is -1.29. The van der Waals surface area contributed by atoms with Gasteiger partial charge in [-0.05, 0) is 31.9 Å². The first-order valence-corrected chi connectivity index (χ1v) is 11.2. The average molecular weight is 562 g/mol. The van der Waals surface area contributed by atoms with E-state index in [9.17, 15) is 24.0 Å². The van der Waals surface area contributed by atoms with Crippen molar-refractivity contribution in [2.45, 2.75) is 43.8 Å². The van der Waals surface area contributed by atoms with Crippen molar-refractivity contribution in [1.29, 1.82) is 5.41 Å². The summed E-state index contributed by atoms with van der Waals surface area (Å²) >= 11 is 0. The first-order valence-electron chi connectivity index (χ1n) is 11.2. The summed E-state index contributed by atoms with van der Waals surface area (Å²) in [6, 6.07) is 6.73. The van der Waals surface area contributed by atoms with Crippen LogP contribution in [0.4, 0.5) is 0 Å². The first kappa shape index (κ1) is 39.2. The molecule has 0 saturated heterocycles. The van der Waals surface area contributed by atoms with Crippen molar-refractivity contribution in [3.63, 3.8) is 0 Å². The van der Waals surface area contributed by atoms with Gasteiger partial charge in [-0.15, -0.1) is 0 Å². The number of guanidine groups is 1. The van der Waals surface area contributed by atoms with Crippen LogP contribution < -0.4 is 33.6 Å². The van der Waals surface area contributed by atoms with Crippen LogP contribution in [0.5, 0.6) is 0 Å². The van der Waals surface area contributed by atoms with E-state index in [4.69, 9.17) is 48.1 Å². The Morgan fingerprint density at radius 1 is 0.872 bits per heavy atom. The summed E-state index contributed by atoms with van der Waals surface area (Å²) in [6.07, 6.45) is 1.04. The van der Waals surface area contributed by atoms with Crippen molar-refractivity contribution in [3.05, 3.63) is 35.9 Å². The standard InChI is InChI=1S/C9H11NO2.C7H16N4O2.C4H7NO4.C2H5NO2/c10-8(9(11)12)6-7-4-2-1-3-5-7;1-10-5(6(12)13)3-2-4-11-7(8)9;5-2(4(8)9)1-3(6)7;3-1-2(4)5/h1-5,8H,6,10H2,(H,11,12);5,10H,2-4H2,1H3,(H,12,13)(H4,8,9,11);2H,1,5H2,(H,6,7)(H,8,9);1,3H2,(H,4,5). The van der Waals surface area contributed by atoms with Crippen LogP contribution in [0.2, 0.25) is 0 Å². The number of carbonyl (C=O) groups is 5. The SMILES string of the molecule is CNC(CCCNC(=N)N)C(=O)O.NC(CC(=O)O)C(=O)O.NC(Cc1ccccc1)C(=O)O.NCC(=O)O. The molecule has 1 aromatic rings. The Morgan fingerprint density at radius 2 is 1.36 bits per heavy atom. The van der Waals surface area contributed by atoms with Gasteiger partial charge in [0, 0.05) is 6.54 Å². The molecule has 39 heavy (non-hydrogen) atoms. The van der Waals surface area contributed by atoms with Gasteiger partial charge in [-0.25, -0.2) is 0 Å². The molecule has 0 heterocycles. The van der Waals surface area contributed by atoms with Gasteiger partial charge in [-0.1, -0.05) is 30.3 Å². The van der Waals surface area contributed by atoms with E-state index >= 15 is 0 Å². The zero-order valence-electron chi connectivity index (χ0n) is 21.4. The van der Waals surface area contributed by atoms with Crippen LogP contribution in [0.25, 0.3) is 0 Å². The molecular formula is C22H39N7O10. The molecule has 3 atom stereocenters. The minimum Gasteiger partial charge on any atom is -0.481 e. The third-order valence-electron chi connectivity index (χ3n) is 4.13. The molecule has 222 valence electrons. The van der Waals surface area contributed by atoms with Gasteiger partial charge in [0.1, 0.15) is 18.1 Å². The number of carboxylic acids is 5. The van der Waals surface area contributed by atoms with E-state index in [0.29, 0.717) is 25.8 Å². The molecule has 16 N–H and O–H groups in total. The van der Waals surface area contributed by atoms with E-state index in [1.165, 1.54) is 0 Å². The van der Waals surface area contributed by atoms with Gasteiger partial charge in [0.05, 0.1) is 13.0 Å². The molecule has 0 spiro atoms. The highest BCUT2D eigenvalue weighted by Gasteiger charge is 2.15. The van der Waals surface area contributed by atoms with Crippen LogP contribution in [0.3, 0.4) is 0 Å². The predicted octanol–water partition coefficient (Wildman–Crippen LogP) is -2.53. The van der Waals surface area contributed by atoms with Gasteiger partial charge >= 0.3 is 29.8 Å². The van der Waals surface area contributed by atoms with E-state index in [1.54, 1.807) is 7.05 Å². The van der Waals surface area contributed by atoms with Crippen LogP contribution in [-0.2, 0) is 30.4 Å². The molecule has 17 nitrogen and oxygen atoms in total. The molecule has 3 unspecified atom stereocenters. The van der Waals surface area contributed by atoms with E-state index in [-0.39, 0.29) is 12.5 Å². The number of nitrogens with one attached hydrogen (secondary N) is 3. The summed E-state index contributed by atoms with van der Waals surface area (Å²) in [5.41, 5.74) is 20.8. The van der Waals surface area contributed by atoms with E-state index in [0.717, 1.165) is 5.56 Å². The number of hydrogen-bond acceptors (Lipinski definition) is 10. The number of benzene rings is 1. The fraction of sp³-hybridized carbons (Fsp3) is 0.455. The van der Waals surface area contributed by atoms with Crippen LogP contribution in [0.1, 0.15) is 24.8 Å². The summed E-state index contributed by atoms with van der Waals surface area (Å²) in [4.78, 5) is 49.7. The van der Waals surface area contributed by atoms with Gasteiger partial charge in [0.25, 0.3) is 0 Å². The van der Waals surface area contributed by atoms with Gasteiger partial charge < -0.3 is 59.1 Å². The highest BCUT2D eigenvalue weighted by Crippen LogP contribution is 2.01. The van der Waals surface area contributed by atoms with Crippen LogP contribution >= 0.6 is 0 Å². The fourth-order valence-corrected chi connectivity index (χ4v) is 2.15. The molecule has 0 saturated carbocycles. The number of aliphatic carboxylic acids is 5. The molecule has 1 aromatic carbocycles. The maximum Gasteiger partial charge on any atom is 0.321 e. The summed E-state index contributed by atoms with van der Waals surface area (Å²) < 4.78 is 0. The molecule has 0 aromatic heterocycles. The topological polar surface area (TPSA) is 338 Å². The Labute approximate surface area is 224 Å². The quantitative estimate of drug-likeness (QED) is 0.0670. The number of hydrogen-bond donors (Lipinski definition) is 12. The van der Waals surface area contributed by atoms with Crippen molar-refractivity contribution in [2.24, 2.45) is 22.9 Å². The van der Waals surface area contributed by atoms with Crippen LogP contribution in [0, 0.1) is 5.41 Å². The molecule has 0 amide bonds. The highest BCUT2D eigenvalue weighted by atomic mass is 16.4. The summed E-state index contributed by atoms with van der Waals surface area (Å²) in [6.45, 7) is 0.251. The maximum atomic E-state index is 10.5. The van der Waals surface area contributed by atoms with E-state index < -0.39 is 54.4 Å².